The van der Waals surface area contributed by atoms with Crippen LogP contribution in [0, 0.1) is 0 Å². The highest BCUT2D eigenvalue weighted by Gasteiger charge is 2.03. The summed E-state index contributed by atoms with van der Waals surface area (Å²) in [6.45, 7) is 1.87. The highest BCUT2D eigenvalue weighted by Crippen LogP contribution is 2.19. The Labute approximate surface area is 115 Å². The van der Waals surface area contributed by atoms with Gasteiger partial charge in [-0.1, -0.05) is 0 Å². The number of ether oxygens (including phenoxy) is 2. The number of hydrogen-bond donors (Lipinski definition) is 0. The van der Waals surface area contributed by atoms with Gasteiger partial charge in [-0.15, -0.1) is 0 Å². The van der Waals surface area contributed by atoms with Crippen molar-refractivity contribution in [1.29, 1.82) is 0 Å². The van der Waals surface area contributed by atoms with Crippen molar-refractivity contribution >= 4 is 16.9 Å². The Morgan fingerprint density at radius 1 is 1.30 bits per heavy atom. The summed E-state index contributed by atoms with van der Waals surface area (Å²) in [6, 6.07) is 8.25. The molecule has 0 bridgehead atoms. The number of methoxy groups -OCH3 is 1. The molecule has 0 amide bonds. The van der Waals surface area contributed by atoms with Gasteiger partial charge in [-0.25, -0.2) is 9.59 Å². The number of carbonyl (C=O) groups excluding carboxylic acids is 1. The molecular formula is C15H14O5. The SMILES string of the molecule is COC(=O)C(C)=CCOc1ccc2ccc(=O)oc2c1. The Bertz CT molecular complexity index is 712. The maximum absolute atomic E-state index is 11.2. The largest absolute Gasteiger partial charge is 0.489 e. The van der Waals surface area contributed by atoms with E-state index in [4.69, 9.17) is 9.15 Å². The Hall–Kier alpha value is -2.56. The van der Waals surface area contributed by atoms with Crippen LogP contribution in [0.2, 0.25) is 0 Å². The molecule has 5 heteroatoms. The van der Waals surface area contributed by atoms with Gasteiger partial charge < -0.3 is 13.9 Å². The van der Waals surface area contributed by atoms with Crippen LogP contribution in [0.5, 0.6) is 5.75 Å². The molecule has 5 nitrogen and oxygen atoms in total. The lowest BCUT2D eigenvalue weighted by Crippen LogP contribution is -2.04. The van der Waals surface area contributed by atoms with E-state index in [9.17, 15) is 9.59 Å². The summed E-state index contributed by atoms with van der Waals surface area (Å²) in [5.41, 5.74) is 0.527. The van der Waals surface area contributed by atoms with Gasteiger partial charge in [0, 0.05) is 23.1 Å². The van der Waals surface area contributed by atoms with Crippen molar-refractivity contribution in [2.45, 2.75) is 6.92 Å². The molecule has 2 aromatic rings. The average Bonchev–Trinajstić information content (AvgIpc) is 2.45. The zero-order chi connectivity index (χ0) is 14.5. The van der Waals surface area contributed by atoms with Gasteiger partial charge in [0.2, 0.25) is 0 Å². The van der Waals surface area contributed by atoms with Crippen molar-refractivity contribution in [1.82, 2.24) is 0 Å². The van der Waals surface area contributed by atoms with E-state index in [1.165, 1.54) is 13.2 Å². The zero-order valence-electron chi connectivity index (χ0n) is 11.2. The summed E-state index contributed by atoms with van der Waals surface area (Å²) >= 11 is 0. The first kappa shape index (κ1) is 13.9. The van der Waals surface area contributed by atoms with Gasteiger partial charge in [-0.2, -0.15) is 0 Å². The van der Waals surface area contributed by atoms with Gasteiger partial charge in [-0.05, 0) is 31.2 Å². The summed E-state index contributed by atoms with van der Waals surface area (Å²) in [6.07, 6.45) is 1.62. The molecule has 1 aromatic carbocycles. The Balaban J connectivity index is 2.11. The lowest BCUT2D eigenvalue weighted by Gasteiger charge is -2.05. The predicted octanol–water partition coefficient (Wildman–Crippen LogP) is 2.29. The van der Waals surface area contributed by atoms with Gasteiger partial charge in [0.1, 0.15) is 17.9 Å². The molecule has 0 saturated heterocycles. The molecule has 1 aromatic heterocycles. The molecule has 0 aliphatic heterocycles. The van der Waals surface area contributed by atoms with Crippen LogP contribution in [0.4, 0.5) is 0 Å². The van der Waals surface area contributed by atoms with Gasteiger partial charge in [0.25, 0.3) is 0 Å². The van der Waals surface area contributed by atoms with Crippen LogP contribution in [-0.2, 0) is 9.53 Å². The first-order valence-electron chi connectivity index (χ1n) is 6.02. The zero-order valence-corrected chi connectivity index (χ0v) is 11.2. The second kappa shape index (κ2) is 6.06. The molecule has 0 saturated carbocycles. The van der Waals surface area contributed by atoms with E-state index in [-0.39, 0.29) is 6.61 Å². The smallest absolute Gasteiger partial charge is 0.336 e. The lowest BCUT2D eigenvalue weighted by atomic mass is 10.2. The minimum atomic E-state index is -0.406. The standard InChI is InChI=1S/C15H14O5/c1-10(15(17)18-2)7-8-19-12-5-3-11-4-6-14(16)20-13(11)9-12/h3-7,9H,8H2,1-2H3. The molecule has 0 aliphatic rings. The molecule has 1 heterocycles. The van der Waals surface area contributed by atoms with Gasteiger partial charge >= 0.3 is 11.6 Å². The third-order valence-corrected chi connectivity index (χ3v) is 2.74. The second-order valence-corrected chi connectivity index (χ2v) is 4.14. The van der Waals surface area contributed by atoms with Crippen LogP contribution in [0.15, 0.2) is 51.2 Å². The maximum Gasteiger partial charge on any atom is 0.336 e. The minimum absolute atomic E-state index is 0.226. The van der Waals surface area contributed by atoms with Crippen LogP contribution in [0.25, 0.3) is 11.0 Å². The van der Waals surface area contributed by atoms with E-state index in [0.29, 0.717) is 16.9 Å². The molecule has 0 fully saturated rings. The molecule has 0 spiro atoms. The van der Waals surface area contributed by atoms with E-state index >= 15 is 0 Å². The van der Waals surface area contributed by atoms with Crippen molar-refractivity contribution < 1.29 is 18.7 Å². The summed E-state index contributed by atoms with van der Waals surface area (Å²) < 4.78 is 15.1. The monoisotopic (exact) mass is 274 g/mol. The highest BCUT2D eigenvalue weighted by atomic mass is 16.5. The Morgan fingerprint density at radius 3 is 2.80 bits per heavy atom. The van der Waals surface area contributed by atoms with E-state index in [1.54, 1.807) is 37.3 Å². The van der Waals surface area contributed by atoms with Crippen molar-refractivity contribution in [2.75, 3.05) is 13.7 Å². The first-order valence-corrected chi connectivity index (χ1v) is 6.02. The van der Waals surface area contributed by atoms with E-state index in [2.05, 4.69) is 4.74 Å². The van der Waals surface area contributed by atoms with Crippen LogP contribution < -0.4 is 10.4 Å². The normalized spacial score (nSPS) is 11.4. The number of fused-ring (bicyclic) bond motifs is 1. The fraction of sp³-hybridized carbons (Fsp3) is 0.200. The summed E-state index contributed by atoms with van der Waals surface area (Å²) in [7, 11) is 1.33. The van der Waals surface area contributed by atoms with Crippen LogP contribution in [0.1, 0.15) is 6.92 Å². The molecule has 0 unspecified atom stereocenters. The second-order valence-electron chi connectivity index (χ2n) is 4.14. The quantitative estimate of drug-likeness (QED) is 0.486. The van der Waals surface area contributed by atoms with Crippen molar-refractivity contribution in [2.24, 2.45) is 0 Å². The Morgan fingerprint density at radius 2 is 2.05 bits per heavy atom. The topological polar surface area (TPSA) is 65.7 Å². The molecular weight excluding hydrogens is 260 g/mol. The first-order chi connectivity index (χ1) is 9.60. The number of esters is 1. The maximum atomic E-state index is 11.2. The summed E-state index contributed by atoms with van der Waals surface area (Å²) in [5.74, 6) is 0.166. The van der Waals surface area contributed by atoms with Crippen molar-refractivity contribution in [3.63, 3.8) is 0 Å². The van der Waals surface area contributed by atoms with Gasteiger partial charge in [0.15, 0.2) is 0 Å². The van der Waals surface area contributed by atoms with Crippen LogP contribution >= 0.6 is 0 Å². The Kier molecular flexibility index (Phi) is 4.20. The fourth-order valence-corrected chi connectivity index (χ4v) is 1.64. The molecule has 0 aliphatic carbocycles. The molecule has 20 heavy (non-hydrogen) atoms. The van der Waals surface area contributed by atoms with E-state index in [1.807, 2.05) is 0 Å². The number of hydrogen-bond acceptors (Lipinski definition) is 5. The number of benzene rings is 1. The lowest BCUT2D eigenvalue weighted by molar-refractivity contribution is -0.136. The van der Waals surface area contributed by atoms with E-state index in [0.717, 1.165) is 5.39 Å². The van der Waals surface area contributed by atoms with Gasteiger partial charge in [0.05, 0.1) is 7.11 Å². The van der Waals surface area contributed by atoms with Crippen molar-refractivity contribution in [3.05, 3.63) is 52.4 Å². The summed E-state index contributed by atoms with van der Waals surface area (Å²) in [4.78, 5) is 22.3. The van der Waals surface area contributed by atoms with Gasteiger partial charge in [-0.3, -0.25) is 0 Å². The highest BCUT2D eigenvalue weighted by molar-refractivity contribution is 5.87. The third-order valence-electron chi connectivity index (χ3n) is 2.74. The fourth-order valence-electron chi connectivity index (χ4n) is 1.64. The number of carbonyl (C=O) groups is 1. The minimum Gasteiger partial charge on any atom is -0.489 e. The third kappa shape index (κ3) is 3.26. The molecule has 0 N–H and O–H groups in total. The number of rotatable bonds is 4. The average molecular weight is 274 g/mol. The summed E-state index contributed by atoms with van der Waals surface area (Å²) in [5, 5.41) is 0.818. The molecule has 2 rings (SSSR count). The molecule has 104 valence electrons. The molecule has 0 atom stereocenters. The molecule has 0 radical (unpaired) electrons. The van der Waals surface area contributed by atoms with Crippen LogP contribution in [-0.4, -0.2) is 19.7 Å². The van der Waals surface area contributed by atoms with Crippen LogP contribution in [0.3, 0.4) is 0 Å². The van der Waals surface area contributed by atoms with E-state index < -0.39 is 11.6 Å². The predicted molar refractivity (Wildman–Crippen MR) is 73.8 cm³/mol. The van der Waals surface area contributed by atoms with Crippen molar-refractivity contribution in [3.8, 4) is 5.75 Å².